The quantitative estimate of drug-likeness (QED) is 0.308. The summed E-state index contributed by atoms with van der Waals surface area (Å²) in [6, 6.07) is 4.24. The number of hydrogen-bond acceptors (Lipinski definition) is 9. The fraction of sp³-hybridized carbons (Fsp3) is 0.629. The monoisotopic (exact) mass is 714 g/mol. The minimum absolute atomic E-state index is 0.0243. The van der Waals surface area contributed by atoms with Gasteiger partial charge in [0.15, 0.2) is 0 Å². The number of fused-ring (bicyclic) bond motifs is 2. The Balaban J connectivity index is 1.42. The molecule has 4 aliphatic rings. The number of carbonyl (C=O) groups is 5. The van der Waals surface area contributed by atoms with Gasteiger partial charge in [-0.05, 0) is 90.0 Å². The highest BCUT2D eigenvalue weighted by molar-refractivity contribution is 7.91. The van der Waals surface area contributed by atoms with Crippen LogP contribution in [0.25, 0.3) is 0 Å². The van der Waals surface area contributed by atoms with Crippen LogP contribution >= 0.6 is 0 Å². The van der Waals surface area contributed by atoms with Crippen LogP contribution in [-0.2, 0) is 29.1 Å². The molecule has 0 spiro atoms. The van der Waals surface area contributed by atoms with Gasteiger partial charge in [-0.2, -0.15) is 0 Å². The maximum absolute atomic E-state index is 14.3. The van der Waals surface area contributed by atoms with Gasteiger partial charge in [0, 0.05) is 43.9 Å². The first kappa shape index (κ1) is 37.1. The van der Waals surface area contributed by atoms with Gasteiger partial charge in [-0.1, -0.05) is 25.0 Å². The van der Waals surface area contributed by atoms with E-state index in [9.17, 15) is 32.4 Å². The average Bonchev–Trinajstić information content (AvgIpc) is 3.95. The van der Waals surface area contributed by atoms with E-state index < -0.39 is 74.3 Å². The highest BCUT2D eigenvalue weighted by atomic mass is 32.2. The third-order valence-corrected chi connectivity index (χ3v) is 11.4. The predicted octanol–water partition coefficient (Wildman–Crippen LogP) is 2.35. The van der Waals surface area contributed by atoms with Gasteiger partial charge >= 0.3 is 6.09 Å². The zero-order chi connectivity index (χ0) is 36.4. The van der Waals surface area contributed by atoms with E-state index in [0.29, 0.717) is 37.7 Å². The maximum Gasteiger partial charge on any atom is 0.408 e. The molecule has 5 rings (SSSR count). The van der Waals surface area contributed by atoms with Crippen molar-refractivity contribution in [3.8, 4) is 0 Å². The molecule has 0 unspecified atom stereocenters. The van der Waals surface area contributed by atoms with Gasteiger partial charge in [0.1, 0.15) is 23.2 Å². The SMILES string of the molecule is CN(C)c1ccc(C(=O)N[C@@H]2C[C@H]3C(=O)N[C@]4(C(=O)NS(=O)(=O)C5CC5)C[C@H]4C=CCCCCC[C@H](NC(=O)OC(C)(C)C)C(=O)N3C2)cc1. The lowest BCUT2D eigenvalue weighted by molar-refractivity contribution is -0.141. The van der Waals surface area contributed by atoms with Crippen LogP contribution in [0.15, 0.2) is 36.4 Å². The van der Waals surface area contributed by atoms with Crippen molar-refractivity contribution in [1.82, 2.24) is 25.6 Å². The van der Waals surface area contributed by atoms with E-state index in [2.05, 4.69) is 20.7 Å². The molecule has 3 fully saturated rings. The molecule has 2 aliphatic carbocycles. The van der Waals surface area contributed by atoms with Crippen molar-refractivity contribution in [1.29, 1.82) is 0 Å². The summed E-state index contributed by atoms with van der Waals surface area (Å²) < 4.78 is 33.1. The number of anilines is 1. The van der Waals surface area contributed by atoms with Gasteiger partial charge in [-0.3, -0.25) is 23.9 Å². The van der Waals surface area contributed by atoms with Crippen LogP contribution in [0.1, 0.15) is 88.9 Å². The number of sulfonamides is 1. The van der Waals surface area contributed by atoms with E-state index in [4.69, 9.17) is 4.74 Å². The molecule has 5 amide bonds. The summed E-state index contributed by atoms with van der Waals surface area (Å²) in [4.78, 5) is 71.5. The lowest BCUT2D eigenvalue weighted by atomic mass is 10.0. The van der Waals surface area contributed by atoms with Crippen molar-refractivity contribution in [2.75, 3.05) is 25.5 Å². The third kappa shape index (κ3) is 8.95. The third-order valence-electron chi connectivity index (χ3n) is 9.55. The molecular weight excluding hydrogens is 664 g/mol. The number of rotatable bonds is 7. The summed E-state index contributed by atoms with van der Waals surface area (Å²) in [5, 5.41) is 7.85. The summed E-state index contributed by atoms with van der Waals surface area (Å²) in [5.74, 6) is -2.78. The predicted molar refractivity (Wildman–Crippen MR) is 187 cm³/mol. The summed E-state index contributed by atoms with van der Waals surface area (Å²) in [6.07, 6.45) is 7.33. The molecule has 50 heavy (non-hydrogen) atoms. The molecule has 0 bridgehead atoms. The van der Waals surface area contributed by atoms with E-state index in [1.807, 2.05) is 43.3 Å². The second kappa shape index (κ2) is 14.6. The molecule has 4 N–H and O–H groups in total. The van der Waals surface area contributed by atoms with Crippen LogP contribution in [0.3, 0.4) is 0 Å². The zero-order valence-corrected chi connectivity index (χ0v) is 30.3. The number of ether oxygens (including phenoxy) is 1. The van der Waals surface area contributed by atoms with Crippen LogP contribution in [-0.4, -0.2) is 98.2 Å². The number of nitrogens with one attached hydrogen (secondary N) is 4. The van der Waals surface area contributed by atoms with Crippen LogP contribution < -0.4 is 25.6 Å². The van der Waals surface area contributed by atoms with Crippen LogP contribution in [0.4, 0.5) is 10.5 Å². The van der Waals surface area contributed by atoms with E-state index in [-0.39, 0.29) is 25.3 Å². The Labute approximate surface area is 294 Å². The smallest absolute Gasteiger partial charge is 0.408 e. The molecule has 274 valence electrons. The molecule has 0 aromatic heterocycles. The normalized spacial score (nSPS) is 27.4. The van der Waals surface area contributed by atoms with Gasteiger partial charge in [0.05, 0.1) is 5.25 Å². The van der Waals surface area contributed by atoms with Crippen LogP contribution in [0.5, 0.6) is 0 Å². The molecule has 1 aromatic carbocycles. The van der Waals surface area contributed by atoms with Gasteiger partial charge < -0.3 is 30.5 Å². The Kier molecular flexibility index (Phi) is 10.8. The standard InChI is InChI=1S/C35H50N6O8S/c1-34(2,3)49-33(46)37-27-12-10-8-6-7-9-11-23-20-35(23,32(45)39-50(47,48)26-17-18-26)38-30(43)28-19-24(21-41(28)31(27)44)36-29(42)22-13-15-25(16-14-22)40(4)5/h9,11,13-16,23-24,26-28H,6-8,10,12,17-21H2,1-5H3,(H,36,42)(H,37,46)(H,38,43)(H,39,45)/t23-,24-,27+,28+,35-/m1/s1. The fourth-order valence-electron chi connectivity index (χ4n) is 6.53. The van der Waals surface area contributed by atoms with Crippen molar-refractivity contribution >= 4 is 45.4 Å². The van der Waals surface area contributed by atoms with Crippen molar-refractivity contribution in [3.05, 3.63) is 42.0 Å². The fourth-order valence-corrected chi connectivity index (χ4v) is 7.90. The molecule has 1 saturated heterocycles. The van der Waals surface area contributed by atoms with Crippen molar-refractivity contribution in [2.45, 2.75) is 113 Å². The highest BCUT2D eigenvalue weighted by Gasteiger charge is 2.62. The van der Waals surface area contributed by atoms with E-state index in [0.717, 1.165) is 18.5 Å². The Morgan fingerprint density at radius 3 is 2.34 bits per heavy atom. The number of amides is 5. The van der Waals surface area contributed by atoms with Crippen molar-refractivity contribution in [3.63, 3.8) is 0 Å². The molecule has 0 radical (unpaired) electrons. The number of hydrogen-bond donors (Lipinski definition) is 4. The Hall–Kier alpha value is -4.14. The van der Waals surface area contributed by atoms with Gasteiger partial charge in [-0.25, -0.2) is 13.2 Å². The van der Waals surface area contributed by atoms with E-state index in [1.54, 1.807) is 32.9 Å². The van der Waals surface area contributed by atoms with Crippen LogP contribution in [0, 0.1) is 5.92 Å². The number of nitrogens with zero attached hydrogens (tertiary/aromatic N) is 2. The van der Waals surface area contributed by atoms with Gasteiger partial charge in [-0.15, -0.1) is 0 Å². The summed E-state index contributed by atoms with van der Waals surface area (Å²) >= 11 is 0. The van der Waals surface area contributed by atoms with Crippen molar-refractivity contribution in [2.24, 2.45) is 5.92 Å². The lowest BCUT2D eigenvalue weighted by Gasteiger charge is -2.30. The van der Waals surface area contributed by atoms with Gasteiger partial charge in [0.25, 0.3) is 11.8 Å². The minimum Gasteiger partial charge on any atom is -0.444 e. The Morgan fingerprint density at radius 1 is 1.00 bits per heavy atom. The molecule has 14 nitrogen and oxygen atoms in total. The number of benzene rings is 1. The summed E-state index contributed by atoms with van der Waals surface area (Å²) in [6.45, 7) is 5.12. The minimum atomic E-state index is -3.89. The Morgan fingerprint density at radius 2 is 1.70 bits per heavy atom. The highest BCUT2D eigenvalue weighted by Crippen LogP contribution is 2.46. The molecule has 1 aromatic rings. The summed E-state index contributed by atoms with van der Waals surface area (Å²) in [7, 11) is -0.106. The molecule has 2 saturated carbocycles. The first-order valence-corrected chi connectivity index (χ1v) is 19.0. The number of carbonyl (C=O) groups excluding carboxylic acids is 5. The molecule has 2 heterocycles. The molecular formula is C35H50N6O8S. The topological polar surface area (TPSA) is 183 Å². The molecule has 15 heteroatoms. The van der Waals surface area contributed by atoms with E-state index in [1.165, 1.54) is 4.90 Å². The second-order valence-corrected chi connectivity index (χ2v) is 17.0. The average molecular weight is 715 g/mol. The second-order valence-electron chi connectivity index (χ2n) is 15.1. The van der Waals surface area contributed by atoms with Crippen LogP contribution in [0.2, 0.25) is 0 Å². The summed E-state index contributed by atoms with van der Waals surface area (Å²) in [5.41, 5.74) is -0.998. The Bertz CT molecular complexity index is 1620. The van der Waals surface area contributed by atoms with Gasteiger partial charge in [0.2, 0.25) is 21.8 Å². The zero-order valence-electron chi connectivity index (χ0n) is 29.5. The van der Waals surface area contributed by atoms with E-state index >= 15 is 0 Å². The first-order valence-electron chi connectivity index (χ1n) is 17.4. The number of allylic oxidation sites excluding steroid dienone is 1. The largest absolute Gasteiger partial charge is 0.444 e. The van der Waals surface area contributed by atoms with Crippen molar-refractivity contribution < 1.29 is 37.1 Å². The maximum atomic E-state index is 14.3. The number of alkyl carbamates (subject to hydrolysis) is 1. The lowest BCUT2D eigenvalue weighted by Crippen LogP contribution is -2.58. The first-order chi connectivity index (χ1) is 23.5. The molecule has 5 atom stereocenters. The molecule has 2 aliphatic heterocycles.